The fourth-order valence-electron chi connectivity index (χ4n) is 5.81. The number of pyridine rings is 1. The number of ether oxygens (including phenoxy) is 2. The molecule has 2 unspecified atom stereocenters. The summed E-state index contributed by atoms with van der Waals surface area (Å²) in [5.74, 6) is 0.146. The zero-order valence-electron chi connectivity index (χ0n) is 29.3. The molecule has 0 bridgehead atoms. The second-order valence-electron chi connectivity index (χ2n) is 14.9. The van der Waals surface area contributed by atoms with Crippen molar-refractivity contribution in [1.29, 1.82) is 0 Å². The van der Waals surface area contributed by atoms with Crippen LogP contribution in [-0.4, -0.2) is 47.9 Å². The second-order valence-corrected chi connectivity index (χ2v) is 14.9. The van der Waals surface area contributed by atoms with Crippen molar-refractivity contribution < 1.29 is 19.7 Å². The molecule has 5 nitrogen and oxygen atoms in total. The van der Waals surface area contributed by atoms with E-state index in [0.29, 0.717) is 44.7 Å². The average molecular weight is 628 g/mol. The predicted octanol–water partition coefficient (Wildman–Crippen LogP) is 9.13. The lowest BCUT2D eigenvalue weighted by Crippen LogP contribution is -2.40. The van der Waals surface area contributed by atoms with Gasteiger partial charge in [0.15, 0.2) is 0 Å². The van der Waals surface area contributed by atoms with Crippen molar-refractivity contribution >= 4 is 18.2 Å². The molecule has 1 aromatic heterocycles. The van der Waals surface area contributed by atoms with Crippen molar-refractivity contribution in [3.63, 3.8) is 0 Å². The van der Waals surface area contributed by atoms with E-state index in [-0.39, 0.29) is 16.7 Å². The molecule has 3 aliphatic rings. The highest BCUT2D eigenvalue weighted by Gasteiger charge is 2.38. The Hall–Kier alpha value is -1.70. The molecule has 0 amide bonds. The van der Waals surface area contributed by atoms with Crippen LogP contribution in [0, 0.1) is 16.2 Å². The van der Waals surface area contributed by atoms with Crippen LogP contribution in [0.1, 0.15) is 134 Å². The monoisotopic (exact) mass is 627 g/mol. The van der Waals surface area contributed by atoms with Gasteiger partial charge in [0, 0.05) is 27.9 Å². The van der Waals surface area contributed by atoms with Gasteiger partial charge in [0.25, 0.3) is 0 Å². The van der Waals surface area contributed by atoms with Gasteiger partial charge < -0.3 is 19.7 Å². The Balaban J connectivity index is 0.000000755. The topological polar surface area (TPSA) is 71.8 Å². The number of aromatic nitrogens is 1. The van der Waals surface area contributed by atoms with Gasteiger partial charge in [-0.2, -0.15) is 12.6 Å². The summed E-state index contributed by atoms with van der Waals surface area (Å²) in [6.45, 7) is 26.2. The molecule has 1 fully saturated rings. The van der Waals surface area contributed by atoms with E-state index in [0.717, 1.165) is 52.1 Å². The molecule has 0 aromatic carbocycles. The molecule has 1 aliphatic carbocycles. The van der Waals surface area contributed by atoms with Gasteiger partial charge in [0.1, 0.15) is 0 Å². The summed E-state index contributed by atoms with van der Waals surface area (Å²) in [4.78, 5) is 5.13. The lowest BCUT2D eigenvalue weighted by Gasteiger charge is -2.39. The van der Waals surface area contributed by atoms with E-state index in [2.05, 4.69) is 99.7 Å². The first-order valence-corrected chi connectivity index (χ1v) is 17.2. The smallest absolute Gasteiger partial charge is 0.0848 e. The van der Waals surface area contributed by atoms with Crippen LogP contribution in [0.15, 0.2) is 42.5 Å². The van der Waals surface area contributed by atoms with Crippen LogP contribution in [0.4, 0.5) is 0 Å². The summed E-state index contributed by atoms with van der Waals surface area (Å²) in [6, 6.07) is 0. The Kier molecular flexibility index (Phi) is 14.6. The Morgan fingerprint density at radius 3 is 2.30 bits per heavy atom. The molecule has 248 valence electrons. The second kappa shape index (κ2) is 16.7. The van der Waals surface area contributed by atoms with Crippen molar-refractivity contribution in [3.8, 4) is 0 Å². The molecule has 44 heavy (non-hydrogen) atoms. The maximum absolute atomic E-state index is 11.7. The van der Waals surface area contributed by atoms with Gasteiger partial charge in [-0.1, -0.05) is 106 Å². The van der Waals surface area contributed by atoms with Crippen LogP contribution < -0.4 is 0 Å². The first-order chi connectivity index (χ1) is 20.6. The molecule has 3 heterocycles. The van der Waals surface area contributed by atoms with Gasteiger partial charge in [0.2, 0.25) is 0 Å². The number of thiol groups is 1. The Morgan fingerprint density at radius 1 is 1.18 bits per heavy atom. The summed E-state index contributed by atoms with van der Waals surface area (Å²) in [7, 11) is 0. The highest BCUT2D eigenvalue weighted by Crippen LogP contribution is 2.47. The number of hydrogen-bond donors (Lipinski definition) is 3. The SMILES string of the molecule is C=C/C=C(\C=C/CC(O)c1c(C(C)C)nc2c(c1C1=CCOCC1)C(O)CC(C)(C)C2)C1(C)COC1.CCC(C)(C)C.CS. The zero-order valence-corrected chi connectivity index (χ0v) is 30.2. The first kappa shape index (κ1) is 38.5. The van der Waals surface area contributed by atoms with E-state index >= 15 is 0 Å². The van der Waals surface area contributed by atoms with Gasteiger partial charge in [-0.3, -0.25) is 4.98 Å². The molecule has 6 heteroatoms. The van der Waals surface area contributed by atoms with E-state index in [1.807, 2.05) is 12.2 Å². The van der Waals surface area contributed by atoms with Gasteiger partial charge in [-0.05, 0) is 65.4 Å². The largest absolute Gasteiger partial charge is 0.388 e. The minimum absolute atomic E-state index is 0.0128. The number of nitrogens with zero attached hydrogens (tertiary/aromatic N) is 1. The van der Waals surface area contributed by atoms with Crippen LogP contribution in [0.3, 0.4) is 0 Å². The van der Waals surface area contributed by atoms with Crippen LogP contribution in [0.5, 0.6) is 0 Å². The number of aliphatic hydroxyl groups excluding tert-OH is 2. The molecule has 2 aliphatic heterocycles. The number of rotatable bonds is 8. The van der Waals surface area contributed by atoms with Gasteiger partial charge in [-0.25, -0.2) is 0 Å². The molecule has 2 atom stereocenters. The molecule has 0 spiro atoms. The summed E-state index contributed by atoms with van der Waals surface area (Å²) >= 11 is 3.53. The Morgan fingerprint density at radius 2 is 1.82 bits per heavy atom. The third-order valence-corrected chi connectivity index (χ3v) is 8.82. The number of aliphatic hydroxyl groups is 2. The number of allylic oxidation sites excluding steroid dienone is 3. The van der Waals surface area contributed by atoms with Crippen LogP contribution in [-0.2, 0) is 15.9 Å². The third-order valence-electron chi connectivity index (χ3n) is 8.82. The molecular formula is C38H61NO4S. The first-order valence-electron chi connectivity index (χ1n) is 16.3. The quantitative estimate of drug-likeness (QED) is 0.198. The summed E-state index contributed by atoms with van der Waals surface area (Å²) in [5.41, 5.74) is 7.53. The van der Waals surface area contributed by atoms with Gasteiger partial charge in [0.05, 0.1) is 38.6 Å². The minimum atomic E-state index is -0.729. The third kappa shape index (κ3) is 10.2. The number of fused-ring (bicyclic) bond motifs is 1. The van der Waals surface area contributed by atoms with E-state index < -0.39 is 12.2 Å². The zero-order chi connectivity index (χ0) is 33.3. The van der Waals surface area contributed by atoms with Crippen molar-refractivity contribution in [2.45, 2.75) is 113 Å². The molecular weight excluding hydrogens is 566 g/mol. The molecule has 0 saturated carbocycles. The summed E-state index contributed by atoms with van der Waals surface area (Å²) in [6.07, 6.45) is 14.5. The van der Waals surface area contributed by atoms with Crippen LogP contribution in [0.2, 0.25) is 0 Å². The Bertz CT molecular complexity index is 1180. The average Bonchev–Trinajstić information content (AvgIpc) is 2.95. The van der Waals surface area contributed by atoms with E-state index in [9.17, 15) is 10.2 Å². The maximum Gasteiger partial charge on any atom is 0.0848 e. The lowest BCUT2D eigenvalue weighted by atomic mass is 9.71. The number of hydrogen-bond acceptors (Lipinski definition) is 6. The molecule has 0 radical (unpaired) electrons. The van der Waals surface area contributed by atoms with Crippen molar-refractivity contribution in [3.05, 3.63) is 70.6 Å². The lowest BCUT2D eigenvalue weighted by molar-refractivity contribution is -0.0758. The summed E-state index contributed by atoms with van der Waals surface area (Å²) < 4.78 is 11.1. The van der Waals surface area contributed by atoms with E-state index in [4.69, 9.17) is 14.5 Å². The fourth-order valence-corrected chi connectivity index (χ4v) is 5.81. The molecule has 1 aromatic rings. The van der Waals surface area contributed by atoms with E-state index in [1.165, 1.54) is 6.42 Å². The normalized spacial score (nSPS) is 21.6. The van der Waals surface area contributed by atoms with Crippen LogP contribution in [0.25, 0.3) is 5.57 Å². The fraction of sp³-hybridized carbons (Fsp3) is 0.658. The van der Waals surface area contributed by atoms with Gasteiger partial charge >= 0.3 is 0 Å². The van der Waals surface area contributed by atoms with Gasteiger partial charge in [-0.15, -0.1) is 0 Å². The standard InChI is InChI=1S/C31H43NO4.C6H14.CH4S/c1-7-9-22(31(6)18-36-19-31)10-8-11-24(33)28-26(21-12-14-35-15-13-21)27-23(32-29(28)20(2)3)16-30(4,5)17-25(27)34;1-5-6(2,3)4;1-2/h7-10,12,20,24-25,33-34H,1,11,13-19H2,2-6H3;5H2,1-4H3;2H,1H3/b10-8-,22-9+;;. The van der Waals surface area contributed by atoms with Crippen molar-refractivity contribution in [2.24, 2.45) is 16.2 Å². The highest BCUT2D eigenvalue weighted by molar-refractivity contribution is 7.79. The minimum Gasteiger partial charge on any atom is -0.388 e. The highest BCUT2D eigenvalue weighted by atomic mass is 32.1. The van der Waals surface area contributed by atoms with Crippen LogP contribution >= 0.6 is 12.6 Å². The van der Waals surface area contributed by atoms with E-state index in [1.54, 1.807) is 6.26 Å². The Labute approximate surface area is 274 Å². The molecule has 2 N–H and O–H groups in total. The summed E-state index contributed by atoms with van der Waals surface area (Å²) in [5, 5.41) is 23.0. The van der Waals surface area contributed by atoms with Crippen molar-refractivity contribution in [2.75, 3.05) is 32.7 Å². The maximum atomic E-state index is 11.7. The molecule has 1 saturated heterocycles. The van der Waals surface area contributed by atoms with Crippen molar-refractivity contribution in [1.82, 2.24) is 4.98 Å². The molecule has 4 rings (SSSR count). The predicted molar refractivity (Wildman–Crippen MR) is 189 cm³/mol.